The van der Waals surface area contributed by atoms with Crippen LogP contribution in [0.5, 0.6) is 0 Å². The third kappa shape index (κ3) is 7.73. The molecule has 0 saturated heterocycles. The topological polar surface area (TPSA) is 67.4 Å². The van der Waals surface area contributed by atoms with Crippen molar-refractivity contribution in [1.82, 2.24) is 10.6 Å². The average molecular weight is 435 g/mol. The molecule has 170 valence electrons. The van der Waals surface area contributed by atoms with Gasteiger partial charge in [-0.3, -0.25) is 4.79 Å². The van der Waals surface area contributed by atoms with Gasteiger partial charge in [0, 0.05) is 18.7 Å². The average Bonchev–Trinajstić information content (AvgIpc) is 2.76. The molecule has 0 aliphatic carbocycles. The first kappa shape index (κ1) is 24.9. The van der Waals surface area contributed by atoms with Crippen LogP contribution in [-0.4, -0.2) is 24.1 Å². The van der Waals surface area contributed by atoms with Crippen molar-refractivity contribution < 1.29 is 14.3 Å². The summed E-state index contributed by atoms with van der Waals surface area (Å²) in [5.41, 5.74) is 3.85. The molecule has 0 heterocycles. The fourth-order valence-corrected chi connectivity index (χ4v) is 3.29. The molecular weight excluding hydrogens is 400 g/mol. The molecule has 0 spiro atoms. The van der Waals surface area contributed by atoms with E-state index in [2.05, 4.69) is 10.6 Å². The van der Waals surface area contributed by atoms with Crippen LogP contribution in [0.3, 0.4) is 0 Å². The molecular formula is C27H34N2O3. The van der Waals surface area contributed by atoms with E-state index in [4.69, 9.17) is 4.74 Å². The number of benzene rings is 2. The molecule has 2 aromatic carbocycles. The van der Waals surface area contributed by atoms with Gasteiger partial charge in [0.25, 0.3) is 5.91 Å². The molecule has 2 rings (SSSR count). The van der Waals surface area contributed by atoms with Crippen LogP contribution in [0, 0.1) is 0 Å². The molecule has 5 nitrogen and oxygen atoms in total. The minimum absolute atomic E-state index is 0.119. The zero-order chi connectivity index (χ0) is 23.6. The van der Waals surface area contributed by atoms with Gasteiger partial charge in [0.1, 0.15) is 5.60 Å². The van der Waals surface area contributed by atoms with Crippen molar-refractivity contribution in [2.24, 2.45) is 0 Å². The van der Waals surface area contributed by atoms with Gasteiger partial charge >= 0.3 is 6.09 Å². The largest absolute Gasteiger partial charge is 0.444 e. The van der Waals surface area contributed by atoms with E-state index in [1.165, 1.54) is 5.57 Å². The minimum atomic E-state index is -0.561. The second-order valence-electron chi connectivity index (χ2n) is 8.43. The van der Waals surface area contributed by atoms with Gasteiger partial charge in [-0.15, -0.1) is 0 Å². The lowest BCUT2D eigenvalue weighted by Gasteiger charge is -2.20. The predicted molar refractivity (Wildman–Crippen MR) is 130 cm³/mol. The molecule has 0 bridgehead atoms. The van der Waals surface area contributed by atoms with Gasteiger partial charge in [-0.25, -0.2) is 4.79 Å². The number of carbonyl (C=O) groups excluding carboxylic acids is 2. The van der Waals surface area contributed by atoms with Crippen molar-refractivity contribution >= 4 is 12.0 Å². The summed E-state index contributed by atoms with van der Waals surface area (Å²) in [6, 6.07) is 15.3. The number of allylic oxidation sites excluding steroid dienone is 3. The Morgan fingerprint density at radius 1 is 0.938 bits per heavy atom. The molecule has 0 atom stereocenters. The summed E-state index contributed by atoms with van der Waals surface area (Å²) < 4.78 is 5.33. The molecule has 0 saturated carbocycles. The Hall–Kier alpha value is -3.34. The quantitative estimate of drug-likeness (QED) is 0.499. The number of nitrogens with one attached hydrogen (secondary N) is 2. The van der Waals surface area contributed by atoms with Crippen molar-refractivity contribution in [1.29, 1.82) is 0 Å². The van der Waals surface area contributed by atoms with Crippen molar-refractivity contribution in [3.63, 3.8) is 0 Å². The number of alkyl carbamates (subject to hydrolysis) is 1. The van der Waals surface area contributed by atoms with Gasteiger partial charge in [-0.1, -0.05) is 66.3 Å². The third-order valence-corrected chi connectivity index (χ3v) is 4.75. The second kappa shape index (κ2) is 11.9. The highest BCUT2D eigenvalue weighted by atomic mass is 16.6. The molecule has 0 radical (unpaired) electrons. The first-order valence-electron chi connectivity index (χ1n) is 11.0. The summed E-state index contributed by atoms with van der Waals surface area (Å²) >= 11 is 0. The standard InChI is InChI=1S/C27H34N2O3/c1-6-12-20(7-2)17-18-28-25(30)24-16-11-10-15-23(24)22-14-9-8-13-21(22)19-29-26(31)32-27(3,4)5/h6-16H,17-19H2,1-5H3,(H,28,30)(H,29,31). The van der Waals surface area contributed by atoms with Crippen LogP contribution in [-0.2, 0) is 11.3 Å². The lowest BCUT2D eigenvalue weighted by Crippen LogP contribution is -2.32. The maximum Gasteiger partial charge on any atom is 0.407 e. The Kier molecular flexibility index (Phi) is 9.26. The minimum Gasteiger partial charge on any atom is -0.444 e. The van der Waals surface area contributed by atoms with E-state index in [-0.39, 0.29) is 5.91 Å². The zero-order valence-electron chi connectivity index (χ0n) is 19.7. The number of hydrogen-bond donors (Lipinski definition) is 2. The van der Waals surface area contributed by atoms with E-state index >= 15 is 0 Å². The van der Waals surface area contributed by atoms with E-state index in [0.717, 1.165) is 23.1 Å². The molecule has 2 amide bonds. The molecule has 2 N–H and O–H groups in total. The van der Waals surface area contributed by atoms with Crippen molar-refractivity contribution in [3.05, 3.63) is 83.5 Å². The van der Waals surface area contributed by atoms with Crippen LogP contribution in [0.4, 0.5) is 4.79 Å². The third-order valence-electron chi connectivity index (χ3n) is 4.75. The summed E-state index contributed by atoms with van der Waals surface area (Å²) in [7, 11) is 0. The summed E-state index contributed by atoms with van der Waals surface area (Å²) in [5.74, 6) is -0.119. The highest BCUT2D eigenvalue weighted by molar-refractivity contribution is 6.01. The van der Waals surface area contributed by atoms with Gasteiger partial charge in [0.15, 0.2) is 0 Å². The van der Waals surface area contributed by atoms with Crippen LogP contribution >= 0.6 is 0 Å². The Balaban J connectivity index is 2.18. The van der Waals surface area contributed by atoms with Gasteiger partial charge in [0.05, 0.1) is 0 Å². The Morgan fingerprint density at radius 2 is 1.59 bits per heavy atom. The number of rotatable bonds is 8. The van der Waals surface area contributed by atoms with Gasteiger partial charge in [-0.05, 0) is 63.8 Å². The van der Waals surface area contributed by atoms with Crippen molar-refractivity contribution in [2.45, 2.75) is 53.2 Å². The molecule has 0 aliphatic heterocycles. The summed E-state index contributed by atoms with van der Waals surface area (Å²) in [6.45, 7) is 10.3. The fraction of sp³-hybridized carbons (Fsp3) is 0.333. The van der Waals surface area contributed by atoms with Crippen LogP contribution in [0.2, 0.25) is 0 Å². The highest BCUT2D eigenvalue weighted by Crippen LogP contribution is 2.27. The van der Waals surface area contributed by atoms with Gasteiger partial charge in [0.2, 0.25) is 0 Å². The van der Waals surface area contributed by atoms with Crippen molar-refractivity contribution in [3.8, 4) is 11.1 Å². The van der Waals surface area contributed by atoms with E-state index in [0.29, 0.717) is 18.7 Å². The normalized spacial score (nSPS) is 12.0. The van der Waals surface area contributed by atoms with Crippen LogP contribution in [0.1, 0.15) is 57.0 Å². The molecule has 5 heteroatoms. The monoisotopic (exact) mass is 434 g/mol. The smallest absolute Gasteiger partial charge is 0.407 e. The van der Waals surface area contributed by atoms with E-state index < -0.39 is 11.7 Å². The Morgan fingerprint density at radius 3 is 2.25 bits per heavy atom. The number of carbonyl (C=O) groups is 2. The Bertz CT molecular complexity index is 984. The highest BCUT2D eigenvalue weighted by Gasteiger charge is 2.18. The SMILES string of the molecule is CC=CC(=CC)CCNC(=O)c1ccccc1-c1ccccc1CNC(=O)OC(C)(C)C. The number of amides is 2. The van der Waals surface area contributed by atoms with Crippen LogP contribution < -0.4 is 10.6 Å². The summed E-state index contributed by atoms with van der Waals surface area (Å²) in [5, 5.41) is 5.83. The van der Waals surface area contributed by atoms with E-state index in [1.807, 2.05) is 101 Å². The van der Waals surface area contributed by atoms with Crippen LogP contribution in [0.25, 0.3) is 11.1 Å². The molecule has 0 aromatic heterocycles. The first-order valence-corrected chi connectivity index (χ1v) is 11.0. The van der Waals surface area contributed by atoms with E-state index in [9.17, 15) is 9.59 Å². The maximum atomic E-state index is 13.0. The van der Waals surface area contributed by atoms with Gasteiger partial charge < -0.3 is 15.4 Å². The lowest BCUT2D eigenvalue weighted by atomic mass is 9.95. The first-order chi connectivity index (χ1) is 15.2. The molecule has 0 fully saturated rings. The second-order valence-corrected chi connectivity index (χ2v) is 8.43. The molecule has 0 aliphatic rings. The van der Waals surface area contributed by atoms with Crippen LogP contribution in [0.15, 0.2) is 72.3 Å². The number of hydrogen-bond acceptors (Lipinski definition) is 3. The maximum absolute atomic E-state index is 13.0. The molecule has 2 aromatic rings. The summed E-state index contributed by atoms with van der Waals surface area (Å²) in [6.07, 6.45) is 6.39. The predicted octanol–water partition coefficient (Wildman–Crippen LogP) is 6.02. The van der Waals surface area contributed by atoms with Crippen molar-refractivity contribution in [2.75, 3.05) is 6.54 Å². The molecule has 0 unspecified atom stereocenters. The zero-order valence-corrected chi connectivity index (χ0v) is 19.7. The fourth-order valence-electron chi connectivity index (χ4n) is 3.29. The molecule has 32 heavy (non-hydrogen) atoms. The van der Waals surface area contributed by atoms with E-state index in [1.54, 1.807) is 0 Å². The Labute approximate surface area is 191 Å². The lowest BCUT2D eigenvalue weighted by molar-refractivity contribution is 0.0523. The summed E-state index contributed by atoms with van der Waals surface area (Å²) in [4.78, 5) is 25.1. The number of ether oxygens (including phenoxy) is 1. The van der Waals surface area contributed by atoms with Gasteiger partial charge in [-0.2, -0.15) is 0 Å².